The Morgan fingerprint density at radius 2 is 2.16 bits per heavy atom. The van der Waals surface area contributed by atoms with Gasteiger partial charge >= 0.3 is 0 Å². The lowest BCUT2D eigenvalue weighted by Crippen LogP contribution is -3.06. The van der Waals surface area contributed by atoms with E-state index in [4.69, 9.17) is 9.15 Å². The second kappa shape index (κ2) is 7.29. The van der Waals surface area contributed by atoms with E-state index in [9.17, 15) is 4.79 Å². The van der Waals surface area contributed by atoms with E-state index in [0.29, 0.717) is 17.9 Å². The number of likely N-dealkylation sites (N-methyl/N-ethyl adjacent to an activating group) is 1. The van der Waals surface area contributed by atoms with Crippen molar-refractivity contribution in [1.29, 1.82) is 0 Å². The molecule has 0 radical (unpaired) electrons. The predicted molar refractivity (Wildman–Crippen MR) is 99.7 cm³/mol. The van der Waals surface area contributed by atoms with Gasteiger partial charge in [0.1, 0.15) is 17.4 Å². The molecule has 6 heteroatoms. The maximum atomic E-state index is 12.6. The molecule has 2 heterocycles. The average molecular weight is 359 g/mol. The van der Waals surface area contributed by atoms with E-state index >= 15 is 0 Å². The number of nitrogens with one attached hydrogen (secondary N) is 2. The van der Waals surface area contributed by atoms with Crippen LogP contribution in [0.15, 0.2) is 40.1 Å². The number of aryl methyl sites for hydroxylation is 1. The van der Waals surface area contributed by atoms with Crippen molar-refractivity contribution < 1.29 is 18.8 Å². The van der Waals surface area contributed by atoms with Crippen LogP contribution in [0.5, 0.6) is 5.75 Å². The fourth-order valence-corrected chi connectivity index (χ4v) is 3.85. The summed E-state index contributed by atoms with van der Waals surface area (Å²) in [5.41, 5.74) is 1.52. The van der Waals surface area contributed by atoms with Gasteiger partial charge in [-0.15, -0.1) is 11.3 Å². The van der Waals surface area contributed by atoms with Gasteiger partial charge in [0.15, 0.2) is 5.76 Å². The van der Waals surface area contributed by atoms with Crippen LogP contribution in [-0.2, 0) is 0 Å². The van der Waals surface area contributed by atoms with Crippen LogP contribution in [0.2, 0.25) is 0 Å². The standard InChI is InChI=1S/C19H22N2O3S/c1-12-14-10-13(23-4)7-8-16(14)24-18(12)19(22)20-11-15(21(2)3)17-6-5-9-25-17/h5-10,15H,11H2,1-4H3,(H,20,22)/p+1/t15-/m1/s1. The van der Waals surface area contributed by atoms with Crippen molar-refractivity contribution in [3.8, 4) is 5.75 Å². The minimum atomic E-state index is -0.185. The van der Waals surface area contributed by atoms with Crippen LogP contribution >= 0.6 is 11.3 Å². The molecule has 0 bridgehead atoms. The minimum Gasteiger partial charge on any atom is -0.497 e. The van der Waals surface area contributed by atoms with Crippen molar-refractivity contribution in [3.05, 3.63) is 51.9 Å². The molecule has 1 amide bonds. The van der Waals surface area contributed by atoms with Gasteiger partial charge in [-0.05, 0) is 36.6 Å². The Kier molecular flexibility index (Phi) is 5.11. The Hall–Kier alpha value is -2.31. The lowest BCUT2D eigenvalue weighted by Gasteiger charge is -2.20. The van der Waals surface area contributed by atoms with Gasteiger partial charge in [-0.1, -0.05) is 6.07 Å². The normalized spacial score (nSPS) is 12.5. The summed E-state index contributed by atoms with van der Waals surface area (Å²) in [5.74, 6) is 0.926. The smallest absolute Gasteiger partial charge is 0.287 e. The lowest BCUT2D eigenvalue weighted by molar-refractivity contribution is -0.890. The third kappa shape index (κ3) is 3.55. The average Bonchev–Trinajstić information content (AvgIpc) is 3.23. The fraction of sp³-hybridized carbons (Fsp3) is 0.316. The molecule has 3 aromatic rings. The molecular weight excluding hydrogens is 336 g/mol. The minimum absolute atomic E-state index is 0.185. The number of carbonyl (C=O) groups is 1. The van der Waals surface area contributed by atoms with Crippen LogP contribution in [0.1, 0.15) is 27.0 Å². The lowest BCUT2D eigenvalue weighted by atomic mass is 10.1. The number of hydrogen-bond acceptors (Lipinski definition) is 4. The number of thiophene rings is 1. The molecular formula is C19H23N2O3S+. The summed E-state index contributed by atoms with van der Waals surface area (Å²) in [4.78, 5) is 15.2. The first-order valence-electron chi connectivity index (χ1n) is 8.20. The molecule has 0 unspecified atom stereocenters. The second-order valence-corrected chi connectivity index (χ2v) is 7.25. The zero-order valence-electron chi connectivity index (χ0n) is 14.9. The summed E-state index contributed by atoms with van der Waals surface area (Å²) >= 11 is 1.71. The molecule has 132 valence electrons. The number of amides is 1. The molecule has 5 nitrogen and oxygen atoms in total. The van der Waals surface area contributed by atoms with Crippen LogP contribution in [0.3, 0.4) is 0 Å². The molecule has 0 saturated heterocycles. The summed E-state index contributed by atoms with van der Waals surface area (Å²) in [7, 11) is 5.81. The van der Waals surface area contributed by atoms with Gasteiger partial charge in [0.2, 0.25) is 0 Å². The highest BCUT2D eigenvalue weighted by atomic mass is 32.1. The van der Waals surface area contributed by atoms with E-state index < -0.39 is 0 Å². The number of quaternary nitrogens is 1. The van der Waals surface area contributed by atoms with Crippen molar-refractivity contribution in [2.24, 2.45) is 0 Å². The quantitative estimate of drug-likeness (QED) is 0.711. The number of fused-ring (bicyclic) bond motifs is 1. The Balaban J connectivity index is 1.79. The zero-order valence-corrected chi connectivity index (χ0v) is 15.7. The molecule has 0 aliphatic carbocycles. The van der Waals surface area contributed by atoms with Crippen molar-refractivity contribution in [2.45, 2.75) is 13.0 Å². The number of hydrogen-bond donors (Lipinski definition) is 2. The summed E-state index contributed by atoms with van der Waals surface area (Å²) < 4.78 is 11.0. The van der Waals surface area contributed by atoms with Crippen LogP contribution < -0.4 is 15.0 Å². The molecule has 1 aromatic carbocycles. The van der Waals surface area contributed by atoms with Crippen molar-refractivity contribution in [3.63, 3.8) is 0 Å². The number of methoxy groups -OCH3 is 1. The predicted octanol–water partition coefficient (Wildman–Crippen LogP) is 2.43. The third-order valence-corrected chi connectivity index (χ3v) is 5.39. The first kappa shape index (κ1) is 17.5. The second-order valence-electron chi connectivity index (χ2n) is 6.27. The van der Waals surface area contributed by atoms with E-state index in [1.807, 2.05) is 31.2 Å². The molecule has 25 heavy (non-hydrogen) atoms. The van der Waals surface area contributed by atoms with E-state index in [1.165, 1.54) is 9.78 Å². The largest absolute Gasteiger partial charge is 0.497 e. The van der Waals surface area contributed by atoms with Crippen LogP contribution in [-0.4, -0.2) is 33.7 Å². The van der Waals surface area contributed by atoms with Crippen molar-refractivity contribution in [1.82, 2.24) is 5.32 Å². The number of carbonyl (C=O) groups excluding carboxylic acids is 1. The van der Waals surface area contributed by atoms with Gasteiger partial charge in [0.25, 0.3) is 5.91 Å². The Morgan fingerprint density at radius 1 is 1.36 bits per heavy atom. The molecule has 3 rings (SSSR count). The molecule has 0 saturated carbocycles. The van der Waals surface area contributed by atoms with Crippen LogP contribution in [0.4, 0.5) is 0 Å². The van der Waals surface area contributed by atoms with E-state index in [2.05, 4.69) is 30.9 Å². The first-order chi connectivity index (χ1) is 12.0. The third-order valence-electron chi connectivity index (χ3n) is 4.40. The van der Waals surface area contributed by atoms with Crippen LogP contribution in [0, 0.1) is 6.92 Å². The topological polar surface area (TPSA) is 55.9 Å². The van der Waals surface area contributed by atoms with Gasteiger partial charge in [0.05, 0.1) is 32.6 Å². The molecule has 0 aliphatic heterocycles. The molecule has 0 fully saturated rings. The highest BCUT2D eigenvalue weighted by molar-refractivity contribution is 7.10. The Bertz CT molecular complexity index is 868. The van der Waals surface area contributed by atoms with E-state index in [0.717, 1.165) is 16.7 Å². The zero-order chi connectivity index (χ0) is 18.0. The molecule has 1 atom stereocenters. The monoisotopic (exact) mass is 359 g/mol. The van der Waals surface area contributed by atoms with Gasteiger partial charge < -0.3 is 19.4 Å². The highest BCUT2D eigenvalue weighted by Crippen LogP contribution is 2.28. The number of furan rings is 1. The van der Waals surface area contributed by atoms with Gasteiger partial charge in [-0.25, -0.2) is 0 Å². The Morgan fingerprint density at radius 3 is 2.80 bits per heavy atom. The van der Waals surface area contributed by atoms with Gasteiger partial charge in [0, 0.05) is 10.9 Å². The summed E-state index contributed by atoms with van der Waals surface area (Å²) in [6.07, 6.45) is 0. The summed E-state index contributed by atoms with van der Waals surface area (Å²) in [6, 6.07) is 9.91. The van der Waals surface area contributed by atoms with E-state index in [1.54, 1.807) is 18.4 Å². The van der Waals surface area contributed by atoms with E-state index in [-0.39, 0.29) is 11.9 Å². The van der Waals surface area contributed by atoms with Crippen molar-refractivity contribution in [2.75, 3.05) is 27.7 Å². The summed E-state index contributed by atoms with van der Waals surface area (Å²) in [5, 5.41) is 5.98. The molecule has 2 N–H and O–H groups in total. The Labute approximate surface area is 151 Å². The van der Waals surface area contributed by atoms with Gasteiger partial charge in [-0.2, -0.15) is 0 Å². The van der Waals surface area contributed by atoms with Crippen molar-refractivity contribution >= 4 is 28.2 Å². The number of ether oxygens (including phenoxy) is 1. The number of benzene rings is 1. The summed E-state index contributed by atoms with van der Waals surface area (Å²) in [6.45, 7) is 2.45. The van der Waals surface area contributed by atoms with Gasteiger partial charge in [-0.3, -0.25) is 4.79 Å². The molecule has 0 aliphatic rings. The van der Waals surface area contributed by atoms with Crippen LogP contribution in [0.25, 0.3) is 11.0 Å². The first-order valence-corrected chi connectivity index (χ1v) is 9.08. The highest BCUT2D eigenvalue weighted by Gasteiger charge is 2.23. The molecule has 0 spiro atoms. The fourth-order valence-electron chi connectivity index (χ4n) is 2.90. The maximum absolute atomic E-state index is 12.6. The number of rotatable bonds is 6. The molecule has 2 aromatic heterocycles. The SMILES string of the molecule is COc1ccc2oc(C(=O)NC[C@H](c3cccs3)[NH+](C)C)c(C)c2c1. The maximum Gasteiger partial charge on any atom is 0.287 e.